The van der Waals surface area contributed by atoms with Gasteiger partial charge in [-0.05, 0) is 56.3 Å². The number of likely N-dealkylation sites (tertiary alicyclic amines) is 1. The van der Waals surface area contributed by atoms with Crippen LogP contribution < -0.4 is 5.32 Å². The number of nitrogens with zero attached hydrogens (tertiary/aromatic N) is 1. The standard InChI is InChI=1S/C22H28N2O/c25-22(20-12-5-2-6-13-20)23-21-14-17-24(18-15-21)16-8-7-11-19-9-3-1-4-10-19/h1-6,9-10,12-13,21H,7-8,11,14-18H2,(H,23,25). The lowest BCUT2D eigenvalue weighted by Gasteiger charge is -2.32. The molecule has 1 amide bonds. The number of nitrogens with one attached hydrogen (secondary N) is 1. The van der Waals surface area contributed by atoms with E-state index in [2.05, 4.69) is 40.5 Å². The van der Waals surface area contributed by atoms with Gasteiger partial charge in [-0.2, -0.15) is 0 Å². The van der Waals surface area contributed by atoms with Crippen LogP contribution >= 0.6 is 0 Å². The molecule has 3 rings (SSSR count). The van der Waals surface area contributed by atoms with Crippen molar-refractivity contribution in [3.8, 4) is 0 Å². The monoisotopic (exact) mass is 336 g/mol. The molecule has 3 nitrogen and oxygen atoms in total. The van der Waals surface area contributed by atoms with E-state index in [9.17, 15) is 4.79 Å². The first-order valence-electron chi connectivity index (χ1n) is 9.43. The van der Waals surface area contributed by atoms with Crippen molar-refractivity contribution in [3.63, 3.8) is 0 Å². The van der Waals surface area contributed by atoms with Crippen LogP contribution in [0.15, 0.2) is 60.7 Å². The van der Waals surface area contributed by atoms with Crippen LogP contribution in [0.25, 0.3) is 0 Å². The van der Waals surface area contributed by atoms with Gasteiger partial charge in [0.2, 0.25) is 0 Å². The van der Waals surface area contributed by atoms with Crippen molar-refractivity contribution in [2.24, 2.45) is 0 Å². The van der Waals surface area contributed by atoms with Crippen LogP contribution in [-0.2, 0) is 6.42 Å². The van der Waals surface area contributed by atoms with E-state index in [1.807, 2.05) is 30.3 Å². The SMILES string of the molecule is O=C(NC1CCN(CCCCc2ccccc2)CC1)c1ccccc1. The molecule has 1 heterocycles. The van der Waals surface area contributed by atoms with E-state index in [1.165, 1.54) is 31.4 Å². The summed E-state index contributed by atoms with van der Waals surface area (Å²) in [6.45, 7) is 3.35. The predicted molar refractivity (Wildman–Crippen MR) is 103 cm³/mol. The summed E-state index contributed by atoms with van der Waals surface area (Å²) in [5.74, 6) is 0.0573. The Labute approximate surface area is 151 Å². The molecule has 0 aliphatic carbocycles. The number of amides is 1. The van der Waals surface area contributed by atoms with Gasteiger partial charge in [-0.25, -0.2) is 0 Å². The molecular formula is C22H28N2O. The summed E-state index contributed by atoms with van der Waals surface area (Å²) in [7, 11) is 0. The minimum atomic E-state index is 0.0573. The van der Waals surface area contributed by atoms with Gasteiger partial charge in [0.1, 0.15) is 0 Å². The van der Waals surface area contributed by atoms with Crippen LogP contribution in [0.2, 0.25) is 0 Å². The summed E-state index contributed by atoms with van der Waals surface area (Å²) >= 11 is 0. The Kier molecular flexibility index (Phi) is 6.63. The van der Waals surface area contributed by atoms with Gasteiger partial charge in [-0.1, -0.05) is 48.5 Å². The van der Waals surface area contributed by atoms with Crippen molar-refractivity contribution >= 4 is 5.91 Å². The van der Waals surface area contributed by atoms with Gasteiger partial charge in [0, 0.05) is 24.7 Å². The first-order chi connectivity index (χ1) is 12.3. The number of piperidine rings is 1. The topological polar surface area (TPSA) is 32.3 Å². The zero-order valence-corrected chi connectivity index (χ0v) is 14.9. The van der Waals surface area contributed by atoms with Crippen molar-refractivity contribution < 1.29 is 4.79 Å². The average Bonchev–Trinajstić information content (AvgIpc) is 2.68. The fourth-order valence-electron chi connectivity index (χ4n) is 3.47. The second-order valence-electron chi connectivity index (χ2n) is 6.90. The molecule has 0 bridgehead atoms. The van der Waals surface area contributed by atoms with Crippen LogP contribution in [0.3, 0.4) is 0 Å². The van der Waals surface area contributed by atoms with Gasteiger partial charge < -0.3 is 10.2 Å². The molecule has 0 saturated carbocycles. The number of hydrogen-bond acceptors (Lipinski definition) is 2. The third-order valence-electron chi connectivity index (χ3n) is 4.99. The highest BCUT2D eigenvalue weighted by molar-refractivity contribution is 5.94. The Balaban J connectivity index is 1.31. The average molecular weight is 336 g/mol. The maximum atomic E-state index is 12.2. The second-order valence-corrected chi connectivity index (χ2v) is 6.90. The van der Waals surface area contributed by atoms with E-state index >= 15 is 0 Å². The molecule has 1 saturated heterocycles. The molecule has 0 atom stereocenters. The Bertz CT molecular complexity index is 634. The number of unbranched alkanes of at least 4 members (excludes halogenated alkanes) is 1. The van der Waals surface area contributed by atoms with Gasteiger partial charge in [-0.3, -0.25) is 4.79 Å². The molecule has 0 unspecified atom stereocenters. The lowest BCUT2D eigenvalue weighted by atomic mass is 10.0. The maximum absolute atomic E-state index is 12.2. The molecule has 132 valence electrons. The molecule has 2 aromatic carbocycles. The minimum Gasteiger partial charge on any atom is -0.349 e. The normalized spacial score (nSPS) is 15.8. The number of aryl methyl sites for hydroxylation is 1. The summed E-state index contributed by atoms with van der Waals surface area (Å²) < 4.78 is 0. The molecule has 1 N–H and O–H groups in total. The first-order valence-corrected chi connectivity index (χ1v) is 9.43. The number of rotatable bonds is 7. The van der Waals surface area contributed by atoms with Crippen molar-refractivity contribution in [3.05, 3.63) is 71.8 Å². The molecule has 0 radical (unpaired) electrons. The van der Waals surface area contributed by atoms with Gasteiger partial charge in [0.25, 0.3) is 5.91 Å². The van der Waals surface area contributed by atoms with E-state index in [0.29, 0.717) is 6.04 Å². The molecule has 0 spiro atoms. The third kappa shape index (κ3) is 5.71. The number of carbonyl (C=O) groups is 1. The molecule has 2 aromatic rings. The largest absolute Gasteiger partial charge is 0.349 e. The van der Waals surface area contributed by atoms with Crippen molar-refractivity contribution in [2.75, 3.05) is 19.6 Å². The molecule has 3 heteroatoms. The summed E-state index contributed by atoms with van der Waals surface area (Å²) in [4.78, 5) is 14.8. The van der Waals surface area contributed by atoms with Crippen LogP contribution in [0.5, 0.6) is 0 Å². The Hall–Kier alpha value is -2.13. The van der Waals surface area contributed by atoms with E-state index < -0.39 is 0 Å². The molecule has 1 aliphatic rings. The summed E-state index contributed by atoms with van der Waals surface area (Å²) in [6.07, 6.45) is 5.77. The molecule has 1 aliphatic heterocycles. The smallest absolute Gasteiger partial charge is 0.251 e. The molecule has 0 aromatic heterocycles. The number of benzene rings is 2. The number of carbonyl (C=O) groups excluding carboxylic acids is 1. The van der Waals surface area contributed by atoms with E-state index in [4.69, 9.17) is 0 Å². The summed E-state index contributed by atoms with van der Waals surface area (Å²) in [5, 5.41) is 3.18. The lowest BCUT2D eigenvalue weighted by molar-refractivity contribution is 0.0910. The molecule has 1 fully saturated rings. The van der Waals surface area contributed by atoms with Crippen LogP contribution in [0, 0.1) is 0 Å². The zero-order chi connectivity index (χ0) is 17.3. The fourth-order valence-corrected chi connectivity index (χ4v) is 3.47. The van der Waals surface area contributed by atoms with E-state index in [1.54, 1.807) is 0 Å². The van der Waals surface area contributed by atoms with Crippen molar-refractivity contribution in [2.45, 2.75) is 38.1 Å². The Morgan fingerprint density at radius 3 is 2.24 bits per heavy atom. The van der Waals surface area contributed by atoms with Crippen LogP contribution in [-0.4, -0.2) is 36.5 Å². The van der Waals surface area contributed by atoms with E-state index in [-0.39, 0.29) is 5.91 Å². The van der Waals surface area contributed by atoms with Crippen molar-refractivity contribution in [1.29, 1.82) is 0 Å². The third-order valence-corrected chi connectivity index (χ3v) is 4.99. The quantitative estimate of drug-likeness (QED) is 0.778. The number of hydrogen-bond donors (Lipinski definition) is 1. The van der Waals surface area contributed by atoms with E-state index in [0.717, 1.165) is 31.5 Å². The highest BCUT2D eigenvalue weighted by Crippen LogP contribution is 2.13. The molecule has 25 heavy (non-hydrogen) atoms. The second kappa shape index (κ2) is 9.38. The van der Waals surface area contributed by atoms with Gasteiger partial charge >= 0.3 is 0 Å². The lowest BCUT2D eigenvalue weighted by Crippen LogP contribution is -2.44. The fraction of sp³-hybridized carbons (Fsp3) is 0.409. The Morgan fingerprint density at radius 1 is 0.920 bits per heavy atom. The zero-order valence-electron chi connectivity index (χ0n) is 14.9. The van der Waals surface area contributed by atoms with Crippen LogP contribution in [0.1, 0.15) is 41.6 Å². The highest BCUT2D eigenvalue weighted by atomic mass is 16.1. The highest BCUT2D eigenvalue weighted by Gasteiger charge is 2.20. The van der Waals surface area contributed by atoms with Gasteiger partial charge in [0.15, 0.2) is 0 Å². The minimum absolute atomic E-state index is 0.0573. The molecular weight excluding hydrogens is 308 g/mol. The Morgan fingerprint density at radius 2 is 1.56 bits per heavy atom. The summed E-state index contributed by atoms with van der Waals surface area (Å²) in [6, 6.07) is 20.5. The summed E-state index contributed by atoms with van der Waals surface area (Å²) in [5.41, 5.74) is 2.19. The van der Waals surface area contributed by atoms with Crippen LogP contribution in [0.4, 0.5) is 0 Å². The van der Waals surface area contributed by atoms with Gasteiger partial charge in [-0.15, -0.1) is 0 Å². The van der Waals surface area contributed by atoms with Gasteiger partial charge in [0.05, 0.1) is 0 Å². The van der Waals surface area contributed by atoms with Crippen molar-refractivity contribution in [1.82, 2.24) is 10.2 Å². The first kappa shape index (κ1) is 17.7. The maximum Gasteiger partial charge on any atom is 0.251 e. The predicted octanol–water partition coefficient (Wildman–Crippen LogP) is 3.90.